The maximum Gasteiger partial charge on any atom is 0.123 e. The van der Waals surface area contributed by atoms with E-state index in [0.29, 0.717) is 0 Å². The maximum absolute atomic E-state index is 13.0. The van der Waals surface area contributed by atoms with Crippen molar-refractivity contribution < 1.29 is 4.39 Å². The van der Waals surface area contributed by atoms with Crippen molar-refractivity contribution in [3.8, 4) is 10.4 Å². The van der Waals surface area contributed by atoms with E-state index in [1.54, 1.807) is 11.3 Å². The molecule has 0 bridgehead atoms. The van der Waals surface area contributed by atoms with Crippen molar-refractivity contribution in [1.82, 2.24) is 0 Å². The van der Waals surface area contributed by atoms with Crippen molar-refractivity contribution in [3.05, 3.63) is 88.6 Å². The standard InChI is InChI=1S/C20H17FS/c1-3-15-5-4-14(2)17(12-15)13-19-10-11-20(22-19)16-6-8-18(21)9-7-16/h3-12H,1,13H2,2H3. The van der Waals surface area contributed by atoms with Crippen molar-refractivity contribution in [2.24, 2.45) is 0 Å². The summed E-state index contributed by atoms with van der Waals surface area (Å²) < 4.78 is 13.0. The summed E-state index contributed by atoms with van der Waals surface area (Å²) in [5, 5.41) is 0. The molecule has 0 atom stereocenters. The minimum absolute atomic E-state index is 0.197. The molecule has 0 amide bonds. The molecule has 0 aliphatic heterocycles. The average Bonchev–Trinajstić information content (AvgIpc) is 2.99. The predicted octanol–water partition coefficient (Wildman–Crippen LogP) is 6.10. The Morgan fingerprint density at radius 1 is 1.05 bits per heavy atom. The van der Waals surface area contributed by atoms with Crippen LogP contribution in [0.2, 0.25) is 0 Å². The lowest BCUT2D eigenvalue weighted by atomic mass is 10.0. The van der Waals surface area contributed by atoms with Crippen LogP contribution >= 0.6 is 11.3 Å². The highest BCUT2D eigenvalue weighted by atomic mass is 32.1. The predicted molar refractivity (Wildman–Crippen MR) is 93.8 cm³/mol. The summed E-state index contributed by atoms with van der Waals surface area (Å²) >= 11 is 1.76. The molecule has 0 aliphatic carbocycles. The Morgan fingerprint density at radius 2 is 1.82 bits per heavy atom. The van der Waals surface area contributed by atoms with Crippen LogP contribution in [-0.4, -0.2) is 0 Å². The first kappa shape index (κ1) is 14.7. The molecular formula is C20H17FS. The van der Waals surface area contributed by atoms with Gasteiger partial charge in [0.15, 0.2) is 0 Å². The highest BCUT2D eigenvalue weighted by Gasteiger charge is 2.06. The highest BCUT2D eigenvalue weighted by Crippen LogP contribution is 2.30. The fraction of sp³-hybridized carbons (Fsp3) is 0.100. The van der Waals surface area contributed by atoms with Gasteiger partial charge in [0.05, 0.1) is 0 Å². The molecule has 3 aromatic rings. The van der Waals surface area contributed by atoms with Gasteiger partial charge in [-0.1, -0.05) is 43.0 Å². The Labute approximate surface area is 134 Å². The van der Waals surface area contributed by atoms with Crippen LogP contribution in [0.3, 0.4) is 0 Å². The van der Waals surface area contributed by atoms with E-state index in [1.165, 1.54) is 33.0 Å². The Balaban J connectivity index is 1.85. The minimum atomic E-state index is -0.197. The van der Waals surface area contributed by atoms with Crippen molar-refractivity contribution in [2.75, 3.05) is 0 Å². The van der Waals surface area contributed by atoms with E-state index in [1.807, 2.05) is 18.2 Å². The number of halogens is 1. The van der Waals surface area contributed by atoms with Crippen molar-refractivity contribution in [2.45, 2.75) is 13.3 Å². The first-order valence-corrected chi connectivity index (χ1v) is 8.04. The third-order valence-electron chi connectivity index (χ3n) is 3.76. The van der Waals surface area contributed by atoms with Gasteiger partial charge in [-0.25, -0.2) is 4.39 Å². The molecule has 2 aromatic carbocycles. The average molecular weight is 308 g/mol. The first-order chi connectivity index (χ1) is 10.7. The molecule has 110 valence electrons. The van der Waals surface area contributed by atoms with Gasteiger partial charge in [0.25, 0.3) is 0 Å². The van der Waals surface area contributed by atoms with Gasteiger partial charge in [-0.3, -0.25) is 0 Å². The molecular weight excluding hydrogens is 291 g/mol. The van der Waals surface area contributed by atoms with Crippen molar-refractivity contribution >= 4 is 17.4 Å². The Bertz CT molecular complexity index is 797. The molecule has 1 aromatic heterocycles. The zero-order valence-corrected chi connectivity index (χ0v) is 13.3. The third kappa shape index (κ3) is 3.18. The molecule has 0 unspecified atom stereocenters. The Hall–Kier alpha value is -2.19. The molecule has 0 N–H and O–H groups in total. The Kier molecular flexibility index (Phi) is 4.21. The van der Waals surface area contributed by atoms with Crippen LogP contribution in [0.5, 0.6) is 0 Å². The summed E-state index contributed by atoms with van der Waals surface area (Å²) in [7, 11) is 0. The molecule has 0 fully saturated rings. The maximum atomic E-state index is 13.0. The number of aryl methyl sites for hydroxylation is 1. The van der Waals surface area contributed by atoms with E-state index in [2.05, 4.69) is 43.8 Å². The van der Waals surface area contributed by atoms with Gasteiger partial charge < -0.3 is 0 Å². The van der Waals surface area contributed by atoms with Crippen LogP contribution in [0.4, 0.5) is 4.39 Å². The second kappa shape index (κ2) is 6.29. The van der Waals surface area contributed by atoms with Crippen molar-refractivity contribution in [1.29, 1.82) is 0 Å². The normalized spacial score (nSPS) is 10.6. The molecule has 3 rings (SSSR count). The molecule has 22 heavy (non-hydrogen) atoms. The van der Waals surface area contributed by atoms with Crippen molar-refractivity contribution in [3.63, 3.8) is 0 Å². The van der Waals surface area contributed by atoms with E-state index in [9.17, 15) is 4.39 Å². The monoisotopic (exact) mass is 308 g/mol. The fourth-order valence-electron chi connectivity index (χ4n) is 2.44. The lowest BCUT2D eigenvalue weighted by Gasteiger charge is -2.06. The number of hydrogen-bond donors (Lipinski definition) is 0. The smallest absolute Gasteiger partial charge is 0.123 e. The summed E-state index contributed by atoms with van der Waals surface area (Å²) in [5.41, 5.74) is 4.83. The fourth-order valence-corrected chi connectivity index (χ4v) is 3.47. The van der Waals surface area contributed by atoms with Gasteiger partial charge in [-0.05, 0) is 53.4 Å². The van der Waals surface area contributed by atoms with E-state index in [0.717, 1.165) is 17.5 Å². The zero-order valence-electron chi connectivity index (χ0n) is 12.5. The SMILES string of the molecule is C=Cc1ccc(C)c(Cc2ccc(-c3ccc(F)cc3)s2)c1. The number of thiophene rings is 1. The van der Waals surface area contributed by atoms with E-state index in [-0.39, 0.29) is 5.82 Å². The second-order valence-electron chi connectivity index (χ2n) is 5.34. The summed E-state index contributed by atoms with van der Waals surface area (Å²) in [5.74, 6) is -0.197. The summed E-state index contributed by atoms with van der Waals surface area (Å²) in [6, 6.07) is 17.4. The number of rotatable bonds is 4. The largest absolute Gasteiger partial charge is 0.207 e. The van der Waals surface area contributed by atoms with Gasteiger partial charge in [0.2, 0.25) is 0 Å². The van der Waals surface area contributed by atoms with E-state index < -0.39 is 0 Å². The van der Waals surface area contributed by atoms with E-state index >= 15 is 0 Å². The third-order valence-corrected chi connectivity index (χ3v) is 4.90. The zero-order chi connectivity index (χ0) is 15.5. The molecule has 2 heteroatoms. The first-order valence-electron chi connectivity index (χ1n) is 7.22. The lowest BCUT2D eigenvalue weighted by molar-refractivity contribution is 0.628. The highest BCUT2D eigenvalue weighted by molar-refractivity contribution is 7.15. The van der Waals surface area contributed by atoms with Gasteiger partial charge in [0.1, 0.15) is 5.82 Å². The lowest BCUT2D eigenvalue weighted by Crippen LogP contribution is -1.90. The number of benzene rings is 2. The molecule has 1 heterocycles. The quantitative estimate of drug-likeness (QED) is 0.546. The minimum Gasteiger partial charge on any atom is -0.207 e. The second-order valence-corrected chi connectivity index (χ2v) is 6.51. The summed E-state index contributed by atoms with van der Waals surface area (Å²) in [6.45, 7) is 5.97. The number of hydrogen-bond acceptors (Lipinski definition) is 1. The van der Waals surface area contributed by atoms with E-state index in [4.69, 9.17) is 0 Å². The summed E-state index contributed by atoms with van der Waals surface area (Å²) in [6.07, 6.45) is 2.79. The molecule has 0 saturated carbocycles. The van der Waals surface area contributed by atoms with Crippen LogP contribution in [0.25, 0.3) is 16.5 Å². The topological polar surface area (TPSA) is 0 Å². The molecule has 0 nitrogen and oxygen atoms in total. The van der Waals surface area contributed by atoms with Crippen LogP contribution in [0.1, 0.15) is 21.6 Å². The summed E-state index contributed by atoms with van der Waals surface area (Å²) in [4.78, 5) is 2.48. The van der Waals surface area contributed by atoms with Gasteiger partial charge in [0, 0.05) is 16.2 Å². The van der Waals surface area contributed by atoms with Crippen LogP contribution in [-0.2, 0) is 6.42 Å². The van der Waals surface area contributed by atoms with Crippen LogP contribution < -0.4 is 0 Å². The molecule has 0 spiro atoms. The van der Waals surface area contributed by atoms with Gasteiger partial charge >= 0.3 is 0 Å². The van der Waals surface area contributed by atoms with Gasteiger partial charge in [-0.15, -0.1) is 11.3 Å². The molecule has 0 saturated heterocycles. The molecule has 0 aliphatic rings. The van der Waals surface area contributed by atoms with Crippen LogP contribution in [0.15, 0.2) is 61.2 Å². The Morgan fingerprint density at radius 3 is 2.55 bits per heavy atom. The molecule has 0 radical (unpaired) electrons. The van der Waals surface area contributed by atoms with Crippen LogP contribution in [0, 0.1) is 12.7 Å². The van der Waals surface area contributed by atoms with Gasteiger partial charge in [-0.2, -0.15) is 0 Å².